The van der Waals surface area contributed by atoms with Gasteiger partial charge >= 0.3 is 5.97 Å². The van der Waals surface area contributed by atoms with E-state index in [0.717, 1.165) is 29.7 Å². The van der Waals surface area contributed by atoms with Crippen LogP contribution in [-0.4, -0.2) is 34.8 Å². The molecule has 136 valence electrons. The van der Waals surface area contributed by atoms with Crippen LogP contribution >= 0.6 is 0 Å². The van der Waals surface area contributed by atoms with Gasteiger partial charge in [0.1, 0.15) is 18.1 Å². The summed E-state index contributed by atoms with van der Waals surface area (Å²) in [5.41, 5.74) is 3.01. The first kappa shape index (κ1) is 16.6. The second-order valence-corrected chi connectivity index (χ2v) is 6.99. The zero-order valence-corrected chi connectivity index (χ0v) is 14.7. The van der Waals surface area contributed by atoms with Crippen molar-refractivity contribution in [3.05, 3.63) is 29.7 Å². The van der Waals surface area contributed by atoms with Crippen LogP contribution in [0.3, 0.4) is 0 Å². The fourth-order valence-electron chi connectivity index (χ4n) is 3.48. The number of hydrogen-bond donors (Lipinski definition) is 1. The van der Waals surface area contributed by atoms with Crippen LogP contribution in [0.2, 0.25) is 0 Å². The smallest absolute Gasteiger partial charge is 0.323 e. The molecule has 0 unspecified atom stereocenters. The maximum absolute atomic E-state index is 12.7. The number of rotatable bonds is 5. The summed E-state index contributed by atoms with van der Waals surface area (Å²) in [6, 6.07) is 5.39. The van der Waals surface area contributed by atoms with Gasteiger partial charge in [-0.2, -0.15) is 0 Å². The third-order valence-electron chi connectivity index (χ3n) is 4.92. The number of anilines is 1. The second kappa shape index (κ2) is 6.16. The Morgan fingerprint density at radius 2 is 2.12 bits per heavy atom. The molecule has 1 fully saturated rings. The first-order chi connectivity index (χ1) is 12.4. The van der Waals surface area contributed by atoms with Gasteiger partial charge in [-0.25, -0.2) is 0 Å². The molecular weight excluding hydrogens is 336 g/mol. The van der Waals surface area contributed by atoms with Crippen molar-refractivity contribution in [1.29, 1.82) is 0 Å². The van der Waals surface area contributed by atoms with Crippen LogP contribution in [0.4, 0.5) is 5.69 Å². The lowest BCUT2D eigenvalue weighted by Crippen LogP contribution is -2.48. The summed E-state index contributed by atoms with van der Waals surface area (Å²) in [4.78, 5) is 25.3. The van der Waals surface area contributed by atoms with E-state index in [2.05, 4.69) is 5.16 Å². The van der Waals surface area contributed by atoms with E-state index in [-0.39, 0.29) is 12.5 Å². The molecule has 7 nitrogen and oxygen atoms in total. The van der Waals surface area contributed by atoms with Gasteiger partial charge in [-0.3, -0.25) is 14.5 Å². The van der Waals surface area contributed by atoms with E-state index in [1.807, 2.05) is 26.0 Å². The van der Waals surface area contributed by atoms with Crippen molar-refractivity contribution >= 4 is 17.6 Å². The molecule has 1 aromatic carbocycles. The molecule has 1 atom stereocenters. The molecule has 0 saturated heterocycles. The van der Waals surface area contributed by atoms with E-state index in [1.54, 1.807) is 6.07 Å². The highest BCUT2D eigenvalue weighted by Crippen LogP contribution is 2.42. The average molecular weight is 356 g/mol. The summed E-state index contributed by atoms with van der Waals surface area (Å²) >= 11 is 0. The van der Waals surface area contributed by atoms with Crippen LogP contribution in [-0.2, 0) is 9.59 Å². The van der Waals surface area contributed by atoms with Crippen molar-refractivity contribution in [2.45, 2.75) is 39.2 Å². The monoisotopic (exact) mass is 356 g/mol. The second-order valence-electron chi connectivity index (χ2n) is 6.99. The van der Waals surface area contributed by atoms with Crippen molar-refractivity contribution in [2.75, 3.05) is 11.4 Å². The third-order valence-corrected chi connectivity index (χ3v) is 4.92. The van der Waals surface area contributed by atoms with Crippen molar-refractivity contribution in [2.24, 2.45) is 5.92 Å². The van der Waals surface area contributed by atoms with Crippen LogP contribution in [0.1, 0.15) is 30.7 Å². The van der Waals surface area contributed by atoms with E-state index in [0.29, 0.717) is 29.5 Å². The minimum Gasteiger partial charge on any atom is -0.480 e. The molecule has 1 N–H and O–H groups in total. The van der Waals surface area contributed by atoms with Gasteiger partial charge in [0.05, 0.1) is 11.4 Å². The van der Waals surface area contributed by atoms with Crippen molar-refractivity contribution in [3.63, 3.8) is 0 Å². The number of fused-ring (bicyclic) bond motifs is 1. The number of aliphatic carboxylic acids is 1. The molecule has 7 heteroatoms. The molecule has 2 aliphatic rings. The molecule has 1 saturated carbocycles. The number of aryl methyl sites for hydroxylation is 2. The van der Waals surface area contributed by atoms with E-state index < -0.39 is 12.1 Å². The zero-order valence-electron chi connectivity index (χ0n) is 14.7. The third kappa shape index (κ3) is 2.94. The Morgan fingerprint density at radius 1 is 1.35 bits per heavy atom. The number of carbonyl (C=O) groups excluding carboxylic acids is 1. The molecule has 1 amide bonds. The van der Waals surface area contributed by atoms with Gasteiger partial charge < -0.3 is 14.4 Å². The summed E-state index contributed by atoms with van der Waals surface area (Å²) < 4.78 is 11.2. The maximum atomic E-state index is 12.7. The maximum Gasteiger partial charge on any atom is 0.323 e. The Balaban J connectivity index is 1.74. The van der Waals surface area contributed by atoms with Gasteiger partial charge in [-0.15, -0.1) is 0 Å². The largest absolute Gasteiger partial charge is 0.480 e. The Labute approximate surface area is 150 Å². The number of benzene rings is 1. The highest BCUT2D eigenvalue weighted by Gasteiger charge is 2.39. The molecule has 0 spiro atoms. The number of aromatic nitrogens is 1. The van der Waals surface area contributed by atoms with Gasteiger partial charge in [0, 0.05) is 5.56 Å². The van der Waals surface area contributed by atoms with E-state index >= 15 is 0 Å². The molecule has 1 aliphatic heterocycles. The normalized spacial score (nSPS) is 19.2. The van der Waals surface area contributed by atoms with Crippen LogP contribution in [0.15, 0.2) is 22.7 Å². The number of amides is 1. The molecule has 4 rings (SSSR count). The molecule has 2 aromatic rings. The van der Waals surface area contributed by atoms with E-state index in [4.69, 9.17) is 9.26 Å². The zero-order chi connectivity index (χ0) is 18.4. The predicted molar refractivity (Wildman–Crippen MR) is 93.2 cm³/mol. The summed E-state index contributed by atoms with van der Waals surface area (Å²) in [6.07, 6.45) is 2.19. The number of nitrogens with zero attached hydrogens (tertiary/aromatic N) is 2. The van der Waals surface area contributed by atoms with E-state index in [1.165, 1.54) is 4.90 Å². The summed E-state index contributed by atoms with van der Waals surface area (Å²) in [5.74, 6) is 0.381. The van der Waals surface area contributed by atoms with Gasteiger partial charge in [-0.05, 0) is 43.9 Å². The highest BCUT2D eigenvalue weighted by molar-refractivity contribution is 6.03. The van der Waals surface area contributed by atoms with Crippen LogP contribution in [0.25, 0.3) is 11.1 Å². The number of carbonyl (C=O) groups is 2. The van der Waals surface area contributed by atoms with Gasteiger partial charge in [0.2, 0.25) is 0 Å². The van der Waals surface area contributed by atoms with Crippen LogP contribution < -0.4 is 9.64 Å². The molecular formula is C19H20N2O5. The Kier molecular flexibility index (Phi) is 3.94. The van der Waals surface area contributed by atoms with E-state index in [9.17, 15) is 14.7 Å². The topological polar surface area (TPSA) is 92.9 Å². The number of hydrogen-bond acceptors (Lipinski definition) is 5. The number of carboxylic acid groups (broad SMARTS) is 1. The Morgan fingerprint density at radius 3 is 2.73 bits per heavy atom. The van der Waals surface area contributed by atoms with Gasteiger partial charge in [0.15, 0.2) is 6.10 Å². The standard InChI is InChI=1S/C19H20N2O5/c1-10-18(11(2)26-20-10)13-5-6-14-15(8-13)25-16(7-12-3-4-12)19(24)21(14)9-17(22)23/h5-6,8,12,16H,3-4,7,9H2,1-2H3,(H,22,23)/t16-/m1/s1. The number of ether oxygens (including phenoxy) is 1. The summed E-state index contributed by atoms with van der Waals surface area (Å²) in [6.45, 7) is 3.33. The first-order valence-corrected chi connectivity index (χ1v) is 8.71. The fraction of sp³-hybridized carbons (Fsp3) is 0.421. The van der Waals surface area contributed by atoms with Gasteiger partial charge in [-0.1, -0.05) is 24.1 Å². The van der Waals surface area contributed by atoms with Crippen LogP contribution in [0.5, 0.6) is 5.75 Å². The SMILES string of the molecule is Cc1noc(C)c1-c1ccc2c(c1)O[C@H](CC1CC1)C(=O)N2CC(=O)O. The van der Waals surface area contributed by atoms with Crippen LogP contribution in [0, 0.1) is 19.8 Å². The molecule has 1 aliphatic carbocycles. The predicted octanol–water partition coefficient (Wildman–Crippen LogP) is 2.94. The molecule has 0 bridgehead atoms. The molecule has 26 heavy (non-hydrogen) atoms. The number of carboxylic acids is 1. The fourth-order valence-corrected chi connectivity index (χ4v) is 3.48. The van der Waals surface area contributed by atoms with Gasteiger partial charge in [0.25, 0.3) is 5.91 Å². The molecule has 0 radical (unpaired) electrons. The quantitative estimate of drug-likeness (QED) is 0.885. The molecule has 1 aromatic heterocycles. The van der Waals surface area contributed by atoms with Crippen molar-refractivity contribution < 1.29 is 24.0 Å². The lowest BCUT2D eigenvalue weighted by molar-refractivity contribution is -0.138. The average Bonchev–Trinajstić information content (AvgIpc) is 3.34. The minimum absolute atomic E-state index is 0.281. The lowest BCUT2D eigenvalue weighted by atomic mass is 10.0. The molecule has 2 heterocycles. The first-order valence-electron chi connectivity index (χ1n) is 8.71. The Bertz CT molecular complexity index is 865. The highest BCUT2D eigenvalue weighted by atomic mass is 16.5. The Hall–Kier alpha value is -2.83. The van der Waals surface area contributed by atoms with Crippen molar-refractivity contribution in [3.8, 4) is 16.9 Å². The summed E-state index contributed by atoms with van der Waals surface area (Å²) in [7, 11) is 0. The lowest BCUT2D eigenvalue weighted by Gasteiger charge is -2.34. The van der Waals surface area contributed by atoms with Crippen molar-refractivity contribution in [1.82, 2.24) is 5.16 Å². The summed E-state index contributed by atoms with van der Waals surface area (Å²) in [5, 5.41) is 13.2. The minimum atomic E-state index is -1.05.